The van der Waals surface area contributed by atoms with Crippen molar-refractivity contribution in [3.8, 4) is 11.8 Å². The lowest BCUT2D eigenvalue weighted by atomic mass is 10.2. The number of nitrogens with zero attached hydrogens (tertiary/aromatic N) is 4. The molecule has 1 aromatic carbocycles. The maximum Gasteiger partial charge on any atom is 0.284 e. The standard InChI is InChI=1S/C20H18N4O7S2/c1-30-17-10-8-14(19(22-17)31-2)23(33(3,28)29)20(25)13-7-9-16(15(12-13)24(26)27)32-18-6-4-5-11-21-18/h4-12H,1-3H3. The van der Waals surface area contributed by atoms with Crippen molar-refractivity contribution < 1.29 is 27.6 Å². The molecule has 0 N–H and O–H groups in total. The van der Waals surface area contributed by atoms with Crippen LogP contribution in [0.5, 0.6) is 11.8 Å². The van der Waals surface area contributed by atoms with Gasteiger partial charge in [-0.25, -0.2) is 13.4 Å². The Kier molecular flexibility index (Phi) is 7.13. The summed E-state index contributed by atoms with van der Waals surface area (Å²) in [6.45, 7) is 0. The first-order valence-electron chi connectivity index (χ1n) is 9.16. The fourth-order valence-electron chi connectivity index (χ4n) is 2.79. The van der Waals surface area contributed by atoms with Crippen LogP contribution in [0, 0.1) is 10.1 Å². The van der Waals surface area contributed by atoms with E-state index < -0.39 is 20.9 Å². The third-order valence-electron chi connectivity index (χ3n) is 4.21. The van der Waals surface area contributed by atoms with Gasteiger partial charge >= 0.3 is 0 Å². The van der Waals surface area contributed by atoms with E-state index in [1.54, 1.807) is 24.4 Å². The van der Waals surface area contributed by atoms with Crippen LogP contribution in [0.3, 0.4) is 0 Å². The molecule has 3 aromatic rings. The quantitative estimate of drug-likeness (QED) is 0.341. The van der Waals surface area contributed by atoms with E-state index in [1.807, 2.05) is 0 Å². The second-order valence-corrected chi connectivity index (χ2v) is 9.32. The van der Waals surface area contributed by atoms with Crippen molar-refractivity contribution in [3.63, 3.8) is 0 Å². The zero-order chi connectivity index (χ0) is 24.2. The molecule has 0 saturated carbocycles. The lowest BCUT2D eigenvalue weighted by molar-refractivity contribution is -0.387. The number of benzene rings is 1. The van der Waals surface area contributed by atoms with E-state index in [9.17, 15) is 23.3 Å². The normalized spacial score (nSPS) is 11.0. The number of carbonyl (C=O) groups is 1. The molecule has 0 unspecified atom stereocenters. The third kappa shape index (κ3) is 5.38. The number of amides is 1. The Balaban J connectivity index is 2.07. The van der Waals surface area contributed by atoms with Crippen molar-refractivity contribution in [1.82, 2.24) is 9.97 Å². The predicted octanol–water partition coefficient (Wildman–Crippen LogP) is 3.16. The van der Waals surface area contributed by atoms with E-state index in [-0.39, 0.29) is 33.6 Å². The summed E-state index contributed by atoms with van der Waals surface area (Å²) in [7, 11) is -1.55. The summed E-state index contributed by atoms with van der Waals surface area (Å²) < 4.78 is 35.7. The zero-order valence-electron chi connectivity index (χ0n) is 17.7. The van der Waals surface area contributed by atoms with Crippen LogP contribution < -0.4 is 13.8 Å². The number of carbonyl (C=O) groups excluding carboxylic acids is 1. The average Bonchev–Trinajstić information content (AvgIpc) is 2.79. The highest BCUT2D eigenvalue weighted by molar-refractivity contribution is 7.99. The molecule has 0 aliphatic heterocycles. The molecule has 0 radical (unpaired) electrons. The number of rotatable bonds is 8. The van der Waals surface area contributed by atoms with Crippen LogP contribution >= 0.6 is 11.8 Å². The number of ether oxygens (including phenoxy) is 2. The SMILES string of the molecule is COc1ccc(N(C(=O)c2ccc(Sc3ccccn3)c([N+](=O)[O-])c2)S(C)(=O)=O)c(OC)n1. The molecule has 2 aromatic heterocycles. The summed E-state index contributed by atoms with van der Waals surface area (Å²) in [6, 6.07) is 11.5. The van der Waals surface area contributed by atoms with Crippen molar-refractivity contribution in [2.45, 2.75) is 9.92 Å². The molecule has 0 atom stereocenters. The molecule has 11 nitrogen and oxygen atoms in total. The summed E-state index contributed by atoms with van der Waals surface area (Å²) in [5.74, 6) is -1.05. The van der Waals surface area contributed by atoms with Crippen LogP contribution in [0.25, 0.3) is 0 Å². The molecular formula is C20H18N4O7S2. The van der Waals surface area contributed by atoms with E-state index in [2.05, 4.69) is 9.97 Å². The Hall–Kier alpha value is -3.71. The summed E-state index contributed by atoms with van der Waals surface area (Å²) in [4.78, 5) is 32.6. The Bertz CT molecular complexity index is 1300. The number of sulfonamides is 1. The number of anilines is 1. The second-order valence-electron chi connectivity index (χ2n) is 6.42. The number of hydrogen-bond donors (Lipinski definition) is 0. The van der Waals surface area contributed by atoms with Gasteiger partial charge in [-0.15, -0.1) is 0 Å². The van der Waals surface area contributed by atoms with Gasteiger partial charge in [-0.3, -0.25) is 14.9 Å². The van der Waals surface area contributed by atoms with Gasteiger partial charge in [0.15, 0.2) is 0 Å². The number of methoxy groups -OCH3 is 2. The van der Waals surface area contributed by atoms with E-state index >= 15 is 0 Å². The minimum absolute atomic E-state index is 0.142. The minimum atomic E-state index is -4.17. The van der Waals surface area contributed by atoms with E-state index in [4.69, 9.17) is 9.47 Å². The molecule has 0 spiro atoms. The maximum absolute atomic E-state index is 13.2. The molecule has 33 heavy (non-hydrogen) atoms. The van der Waals surface area contributed by atoms with Crippen molar-refractivity contribution in [2.75, 3.05) is 24.8 Å². The first-order valence-corrected chi connectivity index (χ1v) is 11.8. The molecule has 0 aliphatic rings. The van der Waals surface area contributed by atoms with Gasteiger partial charge in [0.25, 0.3) is 11.6 Å². The Morgan fingerprint density at radius 1 is 1.12 bits per heavy atom. The summed E-state index contributed by atoms with van der Waals surface area (Å²) in [5, 5.41) is 12.2. The molecule has 13 heteroatoms. The number of nitro benzene ring substituents is 1. The molecule has 3 rings (SSSR count). The molecule has 1 amide bonds. The van der Waals surface area contributed by atoms with Gasteiger partial charge in [-0.05, 0) is 30.3 Å². The van der Waals surface area contributed by atoms with Crippen LogP contribution in [0.2, 0.25) is 0 Å². The zero-order valence-corrected chi connectivity index (χ0v) is 19.3. The maximum atomic E-state index is 13.2. The van der Waals surface area contributed by atoms with Crippen molar-refractivity contribution in [2.24, 2.45) is 0 Å². The minimum Gasteiger partial charge on any atom is -0.481 e. The third-order valence-corrected chi connectivity index (χ3v) is 6.25. The summed E-state index contributed by atoms with van der Waals surface area (Å²) in [5.41, 5.74) is -0.750. The molecule has 0 aliphatic carbocycles. The molecule has 172 valence electrons. The van der Waals surface area contributed by atoms with Crippen molar-refractivity contribution in [3.05, 3.63) is 70.4 Å². The van der Waals surface area contributed by atoms with Gasteiger partial charge < -0.3 is 9.47 Å². The van der Waals surface area contributed by atoms with Gasteiger partial charge in [-0.2, -0.15) is 9.29 Å². The molecule has 2 heterocycles. The Morgan fingerprint density at radius 2 is 1.88 bits per heavy atom. The highest BCUT2D eigenvalue weighted by atomic mass is 32.2. The smallest absolute Gasteiger partial charge is 0.284 e. The highest BCUT2D eigenvalue weighted by Crippen LogP contribution is 2.36. The van der Waals surface area contributed by atoms with Crippen molar-refractivity contribution in [1.29, 1.82) is 0 Å². The summed E-state index contributed by atoms with van der Waals surface area (Å²) >= 11 is 1.04. The number of hydrogen-bond acceptors (Lipinski definition) is 10. The van der Waals surface area contributed by atoms with E-state index in [0.717, 1.165) is 24.1 Å². The van der Waals surface area contributed by atoms with Crippen LogP contribution in [0.1, 0.15) is 10.4 Å². The fraction of sp³-hybridized carbons (Fsp3) is 0.150. The average molecular weight is 491 g/mol. The highest BCUT2D eigenvalue weighted by Gasteiger charge is 2.31. The Labute approximate surface area is 193 Å². The molecule has 0 bridgehead atoms. The topological polar surface area (TPSA) is 142 Å². The van der Waals surface area contributed by atoms with Gasteiger partial charge in [0.1, 0.15) is 10.7 Å². The van der Waals surface area contributed by atoms with Crippen LogP contribution in [0.4, 0.5) is 11.4 Å². The van der Waals surface area contributed by atoms with Crippen LogP contribution in [0.15, 0.2) is 64.6 Å². The van der Waals surface area contributed by atoms with Gasteiger partial charge in [0, 0.05) is 23.9 Å². The van der Waals surface area contributed by atoms with E-state index in [0.29, 0.717) is 9.33 Å². The van der Waals surface area contributed by atoms with Gasteiger partial charge in [-0.1, -0.05) is 17.8 Å². The van der Waals surface area contributed by atoms with Gasteiger partial charge in [0.05, 0.1) is 30.3 Å². The monoisotopic (exact) mass is 490 g/mol. The van der Waals surface area contributed by atoms with Crippen LogP contribution in [-0.4, -0.2) is 49.7 Å². The first kappa shape index (κ1) is 23.9. The van der Waals surface area contributed by atoms with Crippen LogP contribution in [-0.2, 0) is 10.0 Å². The first-order chi connectivity index (χ1) is 15.7. The van der Waals surface area contributed by atoms with Crippen molar-refractivity contribution >= 4 is 39.1 Å². The fourth-order valence-corrected chi connectivity index (χ4v) is 4.55. The molecular weight excluding hydrogens is 472 g/mol. The summed E-state index contributed by atoms with van der Waals surface area (Å²) in [6.07, 6.45) is 2.38. The number of nitro groups is 1. The Morgan fingerprint density at radius 3 is 2.45 bits per heavy atom. The second kappa shape index (κ2) is 9.83. The van der Waals surface area contributed by atoms with E-state index in [1.165, 1.54) is 38.5 Å². The van der Waals surface area contributed by atoms with Gasteiger partial charge in [0.2, 0.25) is 21.8 Å². The predicted molar refractivity (Wildman–Crippen MR) is 120 cm³/mol. The lowest BCUT2D eigenvalue weighted by Gasteiger charge is -2.22. The molecule has 0 fully saturated rings. The lowest BCUT2D eigenvalue weighted by Crippen LogP contribution is -2.36. The molecule has 0 saturated heterocycles. The number of aromatic nitrogens is 2. The largest absolute Gasteiger partial charge is 0.481 e. The number of pyridine rings is 2.